The van der Waals surface area contributed by atoms with Gasteiger partial charge in [0.2, 0.25) is 10.0 Å². The number of hydrogen-bond acceptors (Lipinski definition) is 5. The molecule has 0 atom stereocenters. The molecule has 18 heavy (non-hydrogen) atoms. The third-order valence-corrected chi connectivity index (χ3v) is 4.43. The predicted octanol–water partition coefficient (Wildman–Crippen LogP) is 0.960. The van der Waals surface area contributed by atoms with Gasteiger partial charge >= 0.3 is 0 Å². The summed E-state index contributed by atoms with van der Waals surface area (Å²) in [4.78, 5) is -0.280. The van der Waals surface area contributed by atoms with Crippen LogP contribution in [0.3, 0.4) is 0 Å². The van der Waals surface area contributed by atoms with Crippen LogP contribution in [-0.4, -0.2) is 25.8 Å². The molecule has 0 heterocycles. The summed E-state index contributed by atoms with van der Waals surface area (Å²) < 4.78 is 25.1. The largest absolute Gasteiger partial charge is 0.398 e. The second-order valence-electron chi connectivity index (χ2n) is 3.25. The fraction of sp³-hybridized carbons (Fsp3) is 0.200. The molecule has 94 valence electrons. The van der Waals surface area contributed by atoms with Gasteiger partial charge in [-0.2, -0.15) is 14.8 Å². The average Bonchev–Trinajstić information content (AvgIpc) is 2.28. The maximum absolute atomic E-state index is 12.2. The third kappa shape index (κ3) is 2.71. The summed E-state index contributed by atoms with van der Waals surface area (Å²) in [5.74, 6) is 0. The lowest BCUT2D eigenvalue weighted by molar-refractivity contribution is 0.480. The van der Waals surface area contributed by atoms with Crippen molar-refractivity contribution in [1.29, 1.82) is 10.5 Å². The van der Waals surface area contributed by atoms with Gasteiger partial charge in [-0.25, -0.2) is 8.42 Å². The molecule has 1 rings (SSSR count). The first kappa shape index (κ1) is 14.3. The van der Waals surface area contributed by atoms with Gasteiger partial charge in [-0.3, -0.25) is 0 Å². The number of anilines is 1. The van der Waals surface area contributed by atoms with E-state index >= 15 is 0 Å². The van der Waals surface area contributed by atoms with Crippen LogP contribution in [0, 0.1) is 22.7 Å². The van der Waals surface area contributed by atoms with Gasteiger partial charge in [0, 0.05) is 0 Å². The van der Waals surface area contributed by atoms with Gasteiger partial charge in [-0.15, -0.1) is 0 Å². The summed E-state index contributed by atoms with van der Waals surface area (Å²) in [6, 6.07) is 7.63. The molecule has 0 aliphatic heterocycles. The van der Waals surface area contributed by atoms with Gasteiger partial charge in [-0.1, -0.05) is 17.7 Å². The number of nitrogens with two attached hydrogens (primary N) is 1. The number of nitrogens with zero attached hydrogens (tertiary/aromatic N) is 3. The Morgan fingerprint density at radius 3 is 2.28 bits per heavy atom. The maximum Gasteiger partial charge on any atom is 0.248 e. The van der Waals surface area contributed by atoms with Gasteiger partial charge in [0.05, 0.1) is 22.8 Å². The number of rotatable bonds is 4. The van der Waals surface area contributed by atoms with Crippen molar-refractivity contribution in [1.82, 2.24) is 4.31 Å². The molecule has 2 N–H and O–H groups in total. The smallest absolute Gasteiger partial charge is 0.248 e. The summed E-state index contributed by atoms with van der Waals surface area (Å²) in [6.07, 6.45) is 0. The van der Waals surface area contributed by atoms with E-state index in [2.05, 4.69) is 0 Å². The molecular weight excluding hydrogens is 276 g/mol. The minimum Gasteiger partial charge on any atom is -0.398 e. The lowest BCUT2D eigenvalue weighted by Crippen LogP contribution is -2.32. The Kier molecular flexibility index (Phi) is 4.51. The Morgan fingerprint density at radius 2 is 1.83 bits per heavy atom. The average molecular weight is 285 g/mol. The van der Waals surface area contributed by atoms with Crippen molar-refractivity contribution in [2.24, 2.45) is 0 Å². The Bertz CT molecular complexity index is 594. The highest BCUT2D eigenvalue weighted by Crippen LogP contribution is 2.29. The van der Waals surface area contributed by atoms with E-state index in [0.29, 0.717) is 4.31 Å². The van der Waals surface area contributed by atoms with Crippen molar-refractivity contribution in [2.45, 2.75) is 4.90 Å². The van der Waals surface area contributed by atoms with Crippen LogP contribution in [0.1, 0.15) is 0 Å². The topological polar surface area (TPSA) is 111 Å². The van der Waals surface area contributed by atoms with Crippen molar-refractivity contribution in [3.05, 3.63) is 23.2 Å². The van der Waals surface area contributed by atoms with Crippen LogP contribution < -0.4 is 5.73 Å². The standard InChI is InChI=1S/C10H9ClN4O2S/c11-8-2-1-3-9(14)10(8)18(16,17)15(6-4-12)7-5-13/h1-3H,6-7,14H2. The van der Waals surface area contributed by atoms with Crippen LogP contribution >= 0.6 is 11.6 Å². The number of hydrogen-bond donors (Lipinski definition) is 1. The Balaban J connectivity index is 3.37. The molecule has 0 aliphatic rings. The monoisotopic (exact) mass is 284 g/mol. The van der Waals surface area contributed by atoms with E-state index in [1.807, 2.05) is 0 Å². The number of halogens is 1. The Morgan fingerprint density at radius 1 is 1.28 bits per heavy atom. The zero-order valence-corrected chi connectivity index (χ0v) is 10.7. The Hall–Kier alpha value is -1.80. The normalized spacial score (nSPS) is 10.9. The van der Waals surface area contributed by atoms with E-state index in [1.165, 1.54) is 18.2 Å². The zero-order chi connectivity index (χ0) is 13.8. The number of nitrogen functional groups attached to an aromatic ring is 1. The van der Waals surface area contributed by atoms with Crippen LogP contribution in [0.5, 0.6) is 0 Å². The molecule has 8 heteroatoms. The summed E-state index contributed by atoms with van der Waals surface area (Å²) in [5.41, 5.74) is 5.56. The summed E-state index contributed by atoms with van der Waals surface area (Å²) in [7, 11) is -4.06. The lowest BCUT2D eigenvalue weighted by atomic mass is 10.3. The molecule has 0 bridgehead atoms. The highest BCUT2D eigenvalue weighted by atomic mass is 35.5. The third-order valence-electron chi connectivity index (χ3n) is 2.09. The molecule has 0 unspecified atom stereocenters. The van der Waals surface area contributed by atoms with Crippen LogP contribution in [-0.2, 0) is 10.0 Å². The first-order valence-electron chi connectivity index (χ1n) is 4.73. The molecule has 0 saturated carbocycles. The fourth-order valence-corrected chi connectivity index (χ4v) is 3.18. The number of nitriles is 2. The molecule has 1 aromatic carbocycles. The number of sulfonamides is 1. The summed E-state index contributed by atoms with van der Waals surface area (Å²) >= 11 is 5.81. The molecule has 0 saturated heterocycles. The van der Waals surface area contributed by atoms with E-state index in [9.17, 15) is 8.42 Å². The van der Waals surface area contributed by atoms with Crippen LogP contribution in [0.25, 0.3) is 0 Å². The second-order valence-corrected chi connectivity index (χ2v) is 5.53. The summed E-state index contributed by atoms with van der Waals surface area (Å²) in [6.45, 7) is -0.888. The predicted molar refractivity (Wildman–Crippen MR) is 65.8 cm³/mol. The SMILES string of the molecule is N#CCN(CC#N)S(=O)(=O)c1c(N)cccc1Cl. The van der Waals surface area contributed by atoms with Crippen molar-refractivity contribution in [2.75, 3.05) is 18.8 Å². The minimum absolute atomic E-state index is 0.0246. The van der Waals surface area contributed by atoms with Crippen LogP contribution in [0.15, 0.2) is 23.1 Å². The molecule has 0 amide bonds. The highest BCUT2D eigenvalue weighted by Gasteiger charge is 2.28. The van der Waals surface area contributed by atoms with Gasteiger partial charge in [0.1, 0.15) is 18.0 Å². The van der Waals surface area contributed by atoms with Crippen molar-refractivity contribution >= 4 is 27.3 Å². The highest BCUT2D eigenvalue weighted by molar-refractivity contribution is 7.89. The quantitative estimate of drug-likeness (QED) is 0.654. The fourth-order valence-electron chi connectivity index (χ4n) is 1.31. The van der Waals surface area contributed by atoms with E-state index in [1.54, 1.807) is 12.1 Å². The summed E-state index contributed by atoms with van der Waals surface area (Å²) in [5, 5.41) is 17.1. The first-order chi connectivity index (χ1) is 8.45. The van der Waals surface area contributed by atoms with E-state index < -0.39 is 23.1 Å². The van der Waals surface area contributed by atoms with Gasteiger partial charge in [0.25, 0.3) is 0 Å². The second kappa shape index (κ2) is 5.69. The maximum atomic E-state index is 12.2. The first-order valence-corrected chi connectivity index (χ1v) is 6.55. The van der Waals surface area contributed by atoms with Gasteiger partial charge in [-0.05, 0) is 12.1 Å². The minimum atomic E-state index is -4.06. The molecule has 0 aromatic heterocycles. The van der Waals surface area contributed by atoms with Gasteiger partial charge < -0.3 is 5.73 Å². The molecule has 0 spiro atoms. The van der Waals surface area contributed by atoms with E-state index in [-0.39, 0.29) is 15.6 Å². The molecule has 6 nitrogen and oxygen atoms in total. The van der Waals surface area contributed by atoms with Crippen LogP contribution in [0.2, 0.25) is 5.02 Å². The lowest BCUT2D eigenvalue weighted by Gasteiger charge is -2.17. The molecule has 0 aliphatic carbocycles. The van der Waals surface area contributed by atoms with E-state index in [0.717, 1.165) is 0 Å². The molecule has 0 radical (unpaired) electrons. The molecule has 1 aromatic rings. The number of benzene rings is 1. The molecule has 0 fully saturated rings. The van der Waals surface area contributed by atoms with E-state index in [4.69, 9.17) is 27.9 Å². The molecular formula is C10H9ClN4O2S. The van der Waals surface area contributed by atoms with Crippen LogP contribution in [0.4, 0.5) is 5.69 Å². The van der Waals surface area contributed by atoms with Gasteiger partial charge in [0.15, 0.2) is 0 Å². The Labute approximate surface area is 110 Å². The van der Waals surface area contributed by atoms with Crippen molar-refractivity contribution in [3.8, 4) is 12.1 Å². The van der Waals surface area contributed by atoms with Crippen molar-refractivity contribution in [3.63, 3.8) is 0 Å². The van der Waals surface area contributed by atoms with Crippen molar-refractivity contribution < 1.29 is 8.42 Å². The zero-order valence-electron chi connectivity index (χ0n) is 9.17.